The lowest BCUT2D eigenvalue weighted by molar-refractivity contribution is 0.508. The van der Waals surface area contributed by atoms with Crippen LogP contribution in [0.3, 0.4) is 0 Å². The number of rotatable bonds is 7. The molecule has 0 aliphatic rings. The molecule has 1 aromatic rings. The number of nitrogens with one attached hydrogen (secondary N) is 1. The molecule has 0 fully saturated rings. The van der Waals surface area contributed by atoms with E-state index in [9.17, 15) is 0 Å². The van der Waals surface area contributed by atoms with Crippen LogP contribution in [0, 0.1) is 0 Å². The van der Waals surface area contributed by atoms with Gasteiger partial charge in [0, 0.05) is 35.8 Å². The summed E-state index contributed by atoms with van der Waals surface area (Å²) in [5.41, 5.74) is 4.01. The number of nitrogens with zero attached hydrogens (tertiary/aromatic N) is 2. The van der Waals surface area contributed by atoms with Crippen LogP contribution in [0.2, 0.25) is 0 Å². The molecule has 5 heteroatoms. The maximum atomic E-state index is 5.68. The second kappa shape index (κ2) is 8.36. The lowest BCUT2D eigenvalue weighted by atomic mass is 10.2. The second-order valence-electron chi connectivity index (χ2n) is 3.33. The zero-order valence-corrected chi connectivity index (χ0v) is 10.5. The minimum atomic E-state index is 0.239. The zero-order chi connectivity index (χ0) is 11.6. The lowest BCUT2D eigenvalue weighted by Gasteiger charge is -2.12. The molecule has 0 aromatic carbocycles. The van der Waals surface area contributed by atoms with Gasteiger partial charge in [0.05, 0.1) is 6.21 Å². The number of hydrogen-bond acceptors (Lipinski definition) is 3. The van der Waals surface area contributed by atoms with Gasteiger partial charge in [-0.15, -0.1) is 23.2 Å². The maximum absolute atomic E-state index is 5.68. The van der Waals surface area contributed by atoms with Crippen LogP contribution < -0.4 is 5.43 Å². The van der Waals surface area contributed by atoms with Crippen molar-refractivity contribution in [2.24, 2.45) is 5.10 Å². The Morgan fingerprint density at radius 2 is 2.12 bits per heavy atom. The van der Waals surface area contributed by atoms with E-state index in [1.54, 1.807) is 18.6 Å². The maximum Gasteiger partial charge on any atom is 0.0556 e. The highest BCUT2D eigenvalue weighted by Crippen LogP contribution is 2.01. The summed E-state index contributed by atoms with van der Waals surface area (Å²) in [7, 11) is 0. The molecule has 0 unspecified atom stereocenters. The predicted octanol–water partition coefficient (Wildman–Crippen LogP) is 2.63. The molecule has 0 radical (unpaired) electrons. The summed E-state index contributed by atoms with van der Waals surface area (Å²) in [6.07, 6.45) is 6.94. The van der Waals surface area contributed by atoms with Crippen molar-refractivity contribution >= 4 is 29.4 Å². The first kappa shape index (κ1) is 13.3. The largest absolute Gasteiger partial charge is 0.307 e. The van der Waals surface area contributed by atoms with Crippen LogP contribution in [-0.4, -0.2) is 29.0 Å². The predicted molar refractivity (Wildman–Crippen MR) is 69.4 cm³/mol. The summed E-state index contributed by atoms with van der Waals surface area (Å²) >= 11 is 11.4. The number of hydrazone groups is 1. The SMILES string of the molecule is ClCCC(CCCl)N/N=C/c1cccnc1. The van der Waals surface area contributed by atoms with E-state index in [2.05, 4.69) is 15.5 Å². The van der Waals surface area contributed by atoms with Crippen molar-refractivity contribution < 1.29 is 0 Å². The van der Waals surface area contributed by atoms with Gasteiger partial charge in [-0.05, 0) is 18.9 Å². The summed E-state index contributed by atoms with van der Waals surface area (Å²) in [5, 5.41) is 4.15. The molecule has 0 amide bonds. The summed E-state index contributed by atoms with van der Waals surface area (Å²) in [6, 6.07) is 4.05. The van der Waals surface area contributed by atoms with Crippen molar-refractivity contribution in [1.82, 2.24) is 10.4 Å². The zero-order valence-electron chi connectivity index (χ0n) is 8.94. The van der Waals surface area contributed by atoms with Crippen LogP contribution in [0.25, 0.3) is 0 Å². The molecule has 16 heavy (non-hydrogen) atoms. The first-order valence-electron chi connectivity index (χ1n) is 5.17. The molecule has 1 aromatic heterocycles. The Balaban J connectivity index is 2.39. The van der Waals surface area contributed by atoms with E-state index in [-0.39, 0.29) is 6.04 Å². The highest BCUT2D eigenvalue weighted by Gasteiger charge is 2.04. The van der Waals surface area contributed by atoms with E-state index in [0.29, 0.717) is 11.8 Å². The highest BCUT2D eigenvalue weighted by atomic mass is 35.5. The summed E-state index contributed by atoms with van der Waals surface area (Å²) in [4.78, 5) is 3.99. The molecule has 0 aliphatic heterocycles. The smallest absolute Gasteiger partial charge is 0.0556 e. The van der Waals surface area contributed by atoms with Gasteiger partial charge in [-0.1, -0.05) is 6.07 Å². The van der Waals surface area contributed by atoms with Gasteiger partial charge >= 0.3 is 0 Å². The van der Waals surface area contributed by atoms with E-state index < -0.39 is 0 Å². The van der Waals surface area contributed by atoms with Crippen molar-refractivity contribution in [3.05, 3.63) is 30.1 Å². The quantitative estimate of drug-likeness (QED) is 0.465. The third kappa shape index (κ3) is 5.33. The first-order chi connectivity index (χ1) is 7.86. The third-order valence-corrected chi connectivity index (χ3v) is 2.51. The van der Waals surface area contributed by atoms with E-state index in [1.807, 2.05) is 12.1 Å². The third-order valence-electron chi connectivity index (χ3n) is 2.07. The molecule has 1 rings (SSSR count). The van der Waals surface area contributed by atoms with Crippen molar-refractivity contribution in [2.45, 2.75) is 18.9 Å². The number of alkyl halides is 2. The fraction of sp³-hybridized carbons (Fsp3) is 0.455. The van der Waals surface area contributed by atoms with Crippen LogP contribution in [0.1, 0.15) is 18.4 Å². The van der Waals surface area contributed by atoms with Crippen molar-refractivity contribution in [3.63, 3.8) is 0 Å². The molecule has 0 saturated heterocycles. The minimum Gasteiger partial charge on any atom is -0.307 e. The van der Waals surface area contributed by atoms with E-state index in [1.165, 1.54) is 0 Å². The fourth-order valence-corrected chi connectivity index (χ4v) is 1.73. The molecule has 0 spiro atoms. The van der Waals surface area contributed by atoms with E-state index >= 15 is 0 Å². The fourth-order valence-electron chi connectivity index (χ4n) is 1.21. The summed E-state index contributed by atoms with van der Waals surface area (Å²) in [5.74, 6) is 1.22. The van der Waals surface area contributed by atoms with Gasteiger partial charge in [-0.3, -0.25) is 4.98 Å². The Morgan fingerprint density at radius 1 is 1.38 bits per heavy atom. The van der Waals surface area contributed by atoms with E-state index in [4.69, 9.17) is 23.2 Å². The van der Waals surface area contributed by atoms with Gasteiger partial charge in [0.15, 0.2) is 0 Å². The molecule has 0 saturated carbocycles. The Labute approximate surface area is 106 Å². The van der Waals surface area contributed by atoms with Crippen LogP contribution in [0.4, 0.5) is 0 Å². The van der Waals surface area contributed by atoms with Gasteiger partial charge in [0.1, 0.15) is 0 Å². The average Bonchev–Trinajstić information content (AvgIpc) is 2.31. The number of hydrogen-bond donors (Lipinski definition) is 1. The molecule has 0 atom stereocenters. The number of aromatic nitrogens is 1. The Morgan fingerprint density at radius 3 is 2.69 bits per heavy atom. The summed E-state index contributed by atoms with van der Waals surface area (Å²) < 4.78 is 0. The number of halogens is 2. The van der Waals surface area contributed by atoms with Crippen LogP contribution in [0.15, 0.2) is 29.6 Å². The lowest BCUT2D eigenvalue weighted by Crippen LogP contribution is -2.25. The van der Waals surface area contributed by atoms with Crippen molar-refractivity contribution in [3.8, 4) is 0 Å². The number of pyridine rings is 1. The normalized spacial score (nSPS) is 11.2. The first-order valence-corrected chi connectivity index (χ1v) is 6.24. The molecule has 1 heterocycles. The van der Waals surface area contributed by atoms with Crippen LogP contribution in [-0.2, 0) is 0 Å². The van der Waals surface area contributed by atoms with Gasteiger partial charge in [0.25, 0.3) is 0 Å². The van der Waals surface area contributed by atoms with Gasteiger partial charge in [-0.2, -0.15) is 5.10 Å². The molecule has 0 aliphatic carbocycles. The topological polar surface area (TPSA) is 37.3 Å². The van der Waals surface area contributed by atoms with Crippen LogP contribution in [0.5, 0.6) is 0 Å². The Kier molecular flexibility index (Phi) is 6.93. The van der Waals surface area contributed by atoms with E-state index in [0.717, 1.165) is 18.4 Å². The molecule has 0 bridgehead atoms. The highest BCUT2D eigenvalue weighted by molar-refractivity contribution is 6.18. The monoisotopic (exact) mass is 259 g/mol. The molecule has 88 valence electrons. The standard InChI is InChI=1S/C11H15Cl2N3/c12-5-3-11(4-6-13)16-15-9-10-2-1-7-14-8-10/h1-2,7-9,11,16H,3-6H2/b15-9+. The van der Waals surface area contributed by atoms with Crippen molar-refractivity contribution in [2.75, 3.05) is 11.8 Å². The second-order valence-corrected chi connectivity index (χ2v) is 4.08. The minimum absolute atomic E-state index is 0.239. The molecule has 1 N–H and O–H groups in total. The Hall–Kier alpha value is -0.800. The molecule has 3 nitrogen and oxygen atoms in total. The Bertz CT molecular complexity index is 297. The molecular weight excluding hydrogens is 245 g/mol. The van der Waals surface area contributed by atoms with Crippen molar-refractivity contribution in [1.29, 1.82) is 0 Å². The molecular formula is C11H15Cl2N3. The van der Waals surface area contributed by atoms with Gasteiger partial charge < -0.3 is 5.43 Å². The summed E-state index contributed by atoms with van der Waals surface area (Å²) in [6.45, 7) is 0. The van der Waals surface area contributed by atoms with Gasteiger partial charge in [-0.25, -0.2) is 0 Å². The van der Waals surface area contributed by atoms with Gasteiger partial charge in [0.2, 0.25) is 0 Å². The van der Waals surface area contributed by atoms with Crippen LogP contribution >= 0.6 is 23.2 Å². The average molecular weight is 260 g/mol.